The number of hydrogen-bond acceptors (Lipinski definition) is 4. The number of nitrogens with zero attached hydrogens (tertiary/aromatic N) is 3. The molecule has 1 atom stereocenters. The van der Waals surface area contributed by atoms with Crippen LogP contribution in [0.15, 0.2) is 12.1 Å². The second-order valence-electron chi connectivity index (χ2n) is 4.38. The minimum Gasteiger partial charge on any atom is -0.382 e. The zero-order valence-electron chi connectivity index (χ0n) is 11.4. The molecule has 5 nitrogen and oxygen atoms in total. The van der Waals surface area contributed by atoms with Gasteiger partial charge in [0.2, 0.25) is 0 Å². The van der Waals surface area contributed by atoms with Gasteiger partial charge in [-0.3, -0.25) is 0 Å². The van der Waals surface area contributed by atoms with Crippen molar-refractivity contribution >= 4 is 22.8 Å². The Balaban J connectivity index is 2.41. The molecule has 0 saturated heterocycles. The van der Waals surface area contributed by atoms with Gasteiger partial charge in [-0.05, 0) is 19.1 Å². The SMILES string of the molecule is COCC(Cn1c(CCl)nc2ccc(C)nc21)OC. The third kappa shape index (κ3) is 3.05. The number of imidazole rings is 1. The highest BCUT2D eigenvalue weighted by Crippen LogP contribution is 2.17. The smallest absolute Gasteiger partial charge is 0.160 e. The first kappa shape index (κ1) is 14.2. The number of aromatic nitrogens is 3. The number of pyridine rings is 1. The van der Waals surface area contributed by atoms with Crippen molar-refractivity contribution in [2.45, 2.75) is 25.5 Å². The topological polar surface area (TPSA) is 49.2 Å². The number of hydrogen-bond donors (Lipinski definition) is 0. The quantitative estimate of drug-likeness (QED) is 0.762. The maximum absolute atomic E-state index is 5.96. The van der Waals surface area contributed by atoms with Crippen molar-refractivity contribution in [2.24, 2.45) is 0 Å². The summed E-state index contributed by atoms with van der Waals surface area (Å²) in [6.07, 6.45) is -0.0494. The van der Waals surface area contributed by atoms with Gasteiger partial charge in [-0.2, -0.15) is 0 Å². The highest BCUT2D eigenvalue weighted by atomic mass is 35.5. The van der Waals surface area contributed by atoms with Crippen molar-refractivity contribution in [3.8, 4) is 0 Å². The molecule has 0 radical (unpaired) electrons. The van der Waals surface area contributed by atoms with Crippen LogP contribution in [0, 0.1) is 6.92 Å². The maximum Gasteiger partial charge on any atom is 0.160 e. The number of aryl methyl sites for hydroxylation is 1. The summed E-state index contributed by atoms with van der Waals surface area (Å²) in [6.45, 7) is 3.10. The minimum atomic E-state index is -0.0494. The van der Waals surface area contributed by atoms with Crippen molar-refractivity contribution in [3.63, 3.8) is 0 Å². The number of methoxy groups -OCH3 is 2. The van der Waals surface area contributed by atoms with Crippen LogP contribution in [-0.4, -0.2) is 41.5 Å². The van der Waals surface area contributed by atoms with Gasteiger partial charge in [0.15, 0.2) is 5.65 Å². The van der Waals surface area contributed by atoms with Gasteiger partial charge in [0.05, 0.1) is 25.1 Å². The van der Waals surface area contributed by atoms with Crippen LogP contribution in [-0.2, 0) is 21.9 Å². The lowest BCUT2D eigenvalue weighted by Crippen LogP contribution is -2.24. The van der Waals surface area contributed by atoms with Gasteiger partial charge in [0.25, 0.3) is 0 Å². The van der Waals surface area contributed by atoms with E-state index in [0.29, 0.717) is 19.0 Å². The summed E-state index contributed by atoms with van der Waals surface area (Å²) in [7, 11) is 3.32. The van der Waals surface area contributed by atoms with E-state index < -0.39 is 0 Å². The molecule has 0 fully saturated rings. The van der Waals surface area contributed by atoms with Gasteiger partial charge in [0, 0.05) is 19.9 Å². The van der Waals surface area contributed by atoms with Crippen molar-refractivity contribution < 1.29 is 9.47 Å². The van der Waals surface area contributed by atoms with Gasteiger partial charge in [-0.25, -0.2) is 9.97 Å². The first-order valence-electron chi connectivity index (χ1n) is 6.10. The normalized spacial score (nSPS) is 13.1. The zero-order valence-corrected chi connectivity index (χ0v) is 12.1. The summed E-state index contributed by atoms with van der Waals surface area (Å²) in [5.74, 6) is 1.15. The number of rotatable bonds is 6. The Kier molecular flexibility index (Phi) is 4.74. The Labute approximate surface area is 117 Å². The van der Waals surface area contributed by atoms with Crippen LogP contribution in [0.2, 0.25) is 0 Å². The summed E-state index contributed by atoms with van der Waals surface area (Å²) in [5.41, 5.74) is 2.65. The number of fused-ring (bicyclic) bond motifs is 1. The fourth-order valence-corrected chi connectivity index (χ4v) is 2.23. The predicted molar refractivity (Wildman–Crippen MR) is 74.5 cm³/mol. The lowest BCUT2D eigenvalue weighted by Gasteiger charge is -2.16. The first-order chi connectivity index (χ1) is 9.19. The Morgan fingerprint density at radius 2 is 2.11 bits per heavy atom. The van der Waals surface area contributed by atoms with Gasteiger partial charge in [0.1, 0.15) is 11.3 Å². The molecule has 0 spiro atoms. The van der Waals surface area contributed by atoms with Gasteiger partial charge >= 0.3 is 0 Å². The van der Waals surface area contributed by atoms with E-state index >= 15 is 0 Å². The molecular weight excluding hydrogens is 266 g/mol. The molecule has 0 aromatic carbocycles. The van der Waals surface area contributed by atoms with Crippen molar-refractivity contribution in [1.82, 2.24) is 14.5 Å². The van der Waals surface area contributed by atoms with Crippen LogP contribution in [0.25, 0.3) is 11.2 Å². The highest BCUT2D eigenvalue weighted by molar-refractivity contribution is 6.16. The molecule has 1 unspecified atom stereocenters. The second-order valence-corrected chi connectivity index (χ2v) is 4.65. The summed E-state index contributed by atoms with van der Waals surface area (Å²) in [4.78, 5) is 9.03. The van der Waals surface area contributed by atoms with Crippen LogP contribution in [0.5, 0.6) is 0 Å². The molecule has 0 saturated carbocycles. The van der Waals surface area contributed by atoms with Crippen LogP contribution in [0.1, 0.15) is 11.5 Å². The van der Waals surface area contributed by atoms with Gasteiger partial charge in [-0.15, -0.1) is 11.6 Å². The van der Waals surface area contributed by atoms with Crippen molar-refractivity contribution in [1.29, 1.82) is 0 Å². The largest absolute Gasteiger partial charge is 0.382 e. The van der Waals surface area contributed by atoms with Crippen LogP contribution >= 0.6 is 11.6 Å². The van der Waals surface area contributed by atoms with E-state index in [1.54, 1.807) is 14.2 Å². The van der Waals surface area contributed by atoms with Crippen molar-refractivity contribution in [3.05, 3.63) is 23.7 Å². The molecule has 0 bridgehead atoms. The predicted octanol–water partition coefficient (Wildman–Crippen LogP) is 2.14. The van der Waals surface area contributed by atoms with Crippen LogP contribution < -0.4 is 0 Å². The molecule has 2 heterocycles. The Morgan fingerprint density at radius 3 is 2.74 bits per heavy atom. The molecule has 19 heavy (non-hydrogen) atoms. The maximum atomic E-state index is 5.96. The van der Waals surface area contributed by atoms with Crippen LogP contribution in [0.3, 0.4) is 0 Å². The number of ether oxygens (including phenoxy) is 2. The van der Waals surface area contributed by atoms with E-state index in [0.717, 1.165) is 22.7 Å². The highest BCUT2D eigenvalue weighted by Gasteiger charge is 2.16. The second kappa shape index (κ2) is 6.32. The molecule has 0 aliphatic rings. The number of alkyl halides is 1. The molecule has 0 N–H and O–H groups in total. The lowest BCUT2D eigenvalue weighted by atomic mass is 10.3. The first-order valence-corrected chi connectivity index (χ1v) is 6.63. The molecule has 2 aromatic heterocycles. The standard InChI is InChI=1S/C13H18ClN3O2/c1-9-4-5-11-13(15-9)17(12(6-14)16-11)7-10(19-3)8-18-2/h4-5,10H,6-8H2,1-3H3. The minimum absolute atomic E-state index is 0.0494. The Hall–Kier alpha value is -1.17. The van der Waals surface area contributed by atoms with Gasteiger partial charge < -0.3 is 14.0 Å². The van der Waals surface area contributed by atoms with E-state index in [1.807, 2.05) is 23.6 Å². The van der Waals surface area contributed by atoms with E-state index in [2.05, 4.69) is 9.97 Å². The molecular formula is C13H18ClN3O2. The molecule has 6 heteroatoms. The average Bonchev–Trinajstić information content (AvgIpc) is 2.75. The summed E-state index contributed by atoms with van der Waals surface area (Å²) >= 11 is 5.96. The molecule has 0 aliphatic heterocycles. The average molecular weight is 284 g/mol. The van der Waals surface area contributed by atoms with Crippen LogP contribution in [0.4, 0.5) is 0 Å². The third-order valence-corrected chi connectivity index (χ3v) is 3.24. The molecule has 0 amide bonds. The van der Waals surface area contributed by atoms with Crippen molar-refractivity contribution in [2.75, 3.05) is 20.8 Å². The number of halogens is 1. The molecule has 104 valence electrons. The fraction of sp³-hybridized carbons (Fsp3) is 0.538. The molecule has 2 rings (SSSR count). The van der Waals surface area contributed by atoms with E-state index in [1.165, 1.54) is 0 Å². The fourth-order valence-electron chi connectivity index (χ4n) is 2.02. The lowest BCUT2D eigenvalue weighted by molar-refractivity contribution is 0.0185. The summed E-state index contributed by atoms with van der Waals surface area (Å²) < 4.78 is 12.5. The third-order valence-electron chi connectivity index (χ3n) is 3.00. The molecule has 2 aromatic rings. The Morgan fingerprint density at radius 1 is 1.32 bits per heavy atom. The van der Waals surface area contributed by atoms with E-state index in [4.69, 9.17) is 21.1 Å². The van der Waals surface area contributed by atoms with Gasteiger partial charge in [-0.1, -0.05) is 0 Å². The van der Waals surface area contributed by atoms with E-state index in [9.17, 15) is 0 Å². The molecule has 0 aliphatic carbocycles. The monoisotopic (exact) mass is 283 g/mol. The van der Waals surface area contributed by atoms with E-state index in [-0.39, 0.29) is 6.10 Å². The summed E-state index contributed by atoms with van der Waals surface area (Å²) in [6, 6.07) is 3.91. The zero-order chi connectivity index (χ0) is 13.8. The summed E-state index contributed by atoms with van der Waals surface area (Å²) in [5, 5.41) is 0. The Bertz CT molecular complexity index is 556.